The maximum absolute atomic E-state index is 10.6. The molecule has 0 heterocycles. The lowest BCUT2D eigenvalue weighted by Gasteiger charge is -2.06. The van der Waals surface area contributed by atoms with E-state index in [4.69, 9.17) is 5.11 Å². The summed E-state index contributed by atoms with van der Waals surface area (Å²) in [5, 5.41) is 8.68. The van der Waals surface area contributed by atoms with E-state index >= 15 is 0 Å². The van der Waals surface area contributed by atoms with E-state index < -0.39 is 5.97 Å². The van der Waals surface area contributed by atoms with Crippen LogP contribution in [0.2, 0.25) is 0 Å². The fraction of sp³-hybridized carbons (Fsp3) is 0.300. The van der Waals surface area contributed by atoms with E-state index in [0.717, 1.165) is 20.7 Å². The molecular weight excluding hydrogens is 264 g/mol. The highest BCUT2D eigenvalue weighted by atomic mass is 79.9. The van der Waals surface area contributed by atoms with Crippen molar-refractivity contribution in [2.45, 2.75) is 18.2 Å². The molecule has 0 aliphatic rings. The van der Waals surface area contributed by atoms with Gasteiger partial charge in [-0.2, -0.15) is 0 Å². The summed E-state index contributed by atoms with van der Waals surface area (Å²) in [6.45, 7) is 2.07. The second kappa shape index (κ2) is 5.41. The van der Waals surface area contributed by atoms with Gasteiger partial charge in [-0.3, -0.25) is 4.79 Å². The minimum atomic E-state index is -0.802. The van der Waals surface area contributed by atoms with Gasteiger partial charge in [0.15, 0.2) is 0 Å². The largest absolute Gasteiger partial charge is 0.481 e. The first-order valence-corrected chi connectivity index (χ1v) is 6.05. The zero-order valence-electron chi connectivity index (χ0n) is 7.79. The number of rotatable bonds is 4. The Bertz CT molecular complexity index is 339. The molecule has 0 unspecified atom stereocenters. The standard InChI is InChI=1S/C10H11BrO2S/c1-2-14-8-5-3-4-7(10(8)11)6-9(12)13/h3-5H,2,6H2,1H3,(H,12,13). The van der Waals surface area contributed by atoms with Gasteiger partial charge in [0, 0.05) is 9.37 Å². The smallest absolute Gasteiger partial charge is 0.307 e. The minimum absolute atomic E-state index is 0.0682. The van der Waals surface area contributed by atoms with Gasteiger partial charge in [0.05, 0.1) is 6.42 Å². The van der Waals surface area contributed by atoms with E-state index in [9.17, 15) is 4.79 Å². The van der Waals surface area contributed by atoms with Crippen LogP contribution in [0.1, 0.15) is 12.5 Å². The van der Waals surface area contributed by atoms with Crippen molar-refractivity contribution < 1.29 is 9.90 Å². The number of aliphatic carboxylic acids is 1. The number of carboxylic acids is 1. The molecule has 76 valence electrons. The summed E-state index contributed by atoms with van der Waals surface area (Å²) in [7, 11) is 0. The van der Waals surface area contributed by atoms with E-state index in [0.29, 0.717) is 0 Å². The minimum Gasteiger partial charge on any atom is -0.481 e. The van der Waals surface area contributed by atoms with Gasteiger partial charge in [0.2, 0.25) is 0 Å². The molecule has 0 aliphatic carbocycles. The van der Waals surface area contributed by atoms with Crippen LogP contribution < -0.4 is 0 Å². The second-order valence-corrected chi connectivity index (χ2v) is 4.83. The molecule has 1 aromatic rings. The highest BCUT2D eigenvalue weighted by Crippen LogP contribution is 2.30. The summed E-state index contributed by atoms with van der Waals surface area (Å²) in [6, 6.07) is 5.71. The van der Waals surface area contributed by atoms with Crippen molar-refractivity contribution in [3.63, 3.8) is 0 Å². The fourth-order valence-electron chi connectivity index (χ4n) is 1.12. The van der Waals surface area contributed by atoms with Gasteiger partial charge in [-0.1, -0.05) is 19.1 Å². The lowest BCUT2D eigenvalue weighted by Crippen LogP contribution is -2.01. The van der Waals surface area contributed by atoms with E-state index in [-0.39, 0.29) is 6.42 Å². The third kappa shape index (κ3) is 3.03. The number of hydrogen-bond donors (Lipinski definition) is 1. The van der Waals surface area contributed by atoms with E-state index in [1.54, 1.807) is 11.8 Å². The van der Waals surface area contributed by atoms with Crippen molar-refractivity contribution in [3.8, 4) is 0 Å². The average Bonchev–Trinajstić information content (AvgIpc) is 2.11. The average molecular weight is 275 g/mol. The van der Waals surface area contributed by atoms with Gasteiger partial charge in [0.25, 0.3) is 0 Å². The molecule has 14 heavy (non-hydrogen) atoms. The second-order valence-electron chi connectivity index (χ2n) is 2.73. The molecule has 0 saturated heterocycles. The van der Waals surface area contributed by atoms with Gasteiger partial charge in [-0.05, 0) is 33.3 Å². The lowest BCUT2D eigenvalue weighted by molar-refractivity contribution is -0.136. The summed E-state index contributed by atoms with van der Waals surface area (Å²) >= 11 is 5.13. The fourth-order valence-corrected chi connectivity index (χ4v) is 2.61. The maximum Gasteiger partial charge on any atom is 0.307 e. The molecule has 0 amide bonds. The van der Waals surface area contributed by atoms with Crippen molar-refractivity contribution in [2.75, 3.05) is 5.75 Å². The zero-order chi connectivity index (χ0) is 10.6. The first-order chi connectivity index (χ1) is 6.65. The normalized spacial score (nSPS) is 10.1. The molecule has 0 aliphatic heterocycles. The van der Waals surface area contributed by atoms with Crippen molar-refractivity contribution in [1.82, 2.24) is 0 Å². The van der Waals surface area contributed by atoms with Crippen molar-refractivity contribution in [3.05, 3.63) is 28.2 Å². The molecule has 4 heteroatoms. The molecule has 0 saturated carbocycles. The Kier molecular flexibility index (Phi) is 4.48. The van der Waals surface area contributed by atoms with Crippen LogP contribution >= 0.6 is 27.7 Å². The number of carbonyl (C=O) groups is 1. The predicted molar refractivity (Wildman–Crippen MR) is 61.9 cm³/mol. The van der Waals surface area contributed by atoms with Gasteiger partial charge in [0.1, 0.15) is 0 Å². The number of carboxylic acid groups (broad SMARTS) is 1. The van der Waals surface area contributed by atoms with Crippen molar-refractivity contribution in [1.29, 1.82) is 0 Å². The predicted octanol–water partition coefficient (Wildman–Crippen LogP) is 3.19. The van der Waals surface area contributed by atoms with Crippen LogP contribution in [0, 0.1) is 0 Å². The molecule has 0 spiro atoms. The summed E-state index contributed by atoms with van der Waals surface area (Å²) in [4.78, 5) is 11.7. The highest BCUT2D eigenvalue weighted by Gasteiger charge is 2.08. The Hall–Kier alpha value is -0.480. The molecule has 0 atom stereocenters. The molecule has 0 radical (unpaired) electrons. The number of thioether (sulfide) groups is 1. The van der Waals surface area contributed by atoms with Gasteiger partial charge in [-0.15, -0.1) is 11.8 Å². The van der Waals surface area contributed by atoms with E-state index in [1.807, 2.05) is 18.2 Å². The molecule has 0 fully saturated rings. The Balaban J connectivity index is 2.94. The molecule has 0 bridgehead atoms. The van der Waals surface area contributed by atoms with Crippen LogP contribution in [-0.2, 0) is 11.2 Å². The Morgan fingerprint density at radius 3 is 2.86 bits per heavy atom. The molecule has 0 aromatic heterocycles. The highest BCUT2D eigenvalue weighted by molar-refractivity contribution is 9.10. The summed E-state index contributed by atoms with van der Waals surface area (Å²) in [5.41, 5.74) is 0.830. The SMILES string of the molecule is CCSc1cccc(CC(=O)O)c1Br. The van der Waals surface area contributed by atoms with Gasteiger partial charge >= 0.3 is 5.97 Å². The zero-order valence-corrected chi connectivity index (χ0v) is 10.2. The first kappa shape index (κ1) is 11.6. The van der Waals surface area contributed by atoms with Crippen molar-refractivity contribution >= 4 is 33.7 Å². The van der Waals surface area contributed by atoms with Crippen LogP contribution in [0.15, 0.2) is 27.6 Å². The van der Waals surface area contributed by atoms with Crippen molar-refractivity contribution in [2.24, 2.45) is 0 Å². The molecule has 1 aromatic carbocycles. The van der Waals surface area contributed by atoms with Crippen LogP contribution in [0.4, 0.5) is 0 Å². The Labute approximate surface area is 95.8 Å². The molecule has 1 rings (SSSR count). The Morgan fingerprint density at radius 2 is 2.29 bits per heavy atom. The number of benzene rings is 1. The van der Waals surface area contributed by atoms with E-state index in [2.05, 4.69) is 22.9 Å². The third-order valence-electron chi connectivity index (χ3n) is 1.68. The quantitative estimate of drug-likeness (QED) is 0.857. The van der Waals surface area contributed by atoms with E-state index in [1.165, 1.54) is 0 Å². The lowest BCUT2D eigenvalue weighted by atomic mass is 10.1. The number of hydrogen-bond acceptors (Lipinski definition) is 2. The molecule has 2 nitrogen and oxygen atoms in total. The summed E-state index contributed by atoms with van der Waals surface area (Å²) in [6.07, 6.45) is 0.0682. The van der Waals surface area contributed by atoms with Crippen LogP contribution in [0.5, 0.6) is 0 Å². The van der Waals surface area contributed by atoms with Gasteiger partial charge in [-0.25, -0.2) is 0 Å². The monoisotopic (exact) mass is 274 g/mol. The number of halogens is 1. The topological polar surface area (TPSA) is 37.3 Å². The van der Waals surface area contributed by atoms with Gasteiger partial charge < -0.3 is 5.11 Å². The molecule has 1 N–H and O–H groups in total. The third-order valence-corrected chi connectivity index (χ3v) is 3.82. The maximum atomic E-state index is 10.6. The first-order valence-electron chi connectivity index (χ1n) is 4.27. The summed E-state index contributed by atoms with van der Waals surface area (Å²) in [5.74, 6) is 0.180. The molecular formula is C10H11BrO2S. The van der Waals surface area contributed by atoms with Crippen LogP contribution in [0.25, 0.3) is 0 Å². The summed E-state index contributed by atoms with van der Waals surface area (Å²) < 4.78 is 0.911. The van der Waals surface area contributed by atoms with Crippen LogP contribution in [0.3, 0.4) is 0 Å². The van der Waals surface area contributed by atoms with Crippen LogP contribution in [-0.4, -0.2) is 16.8 Å². The Morgan fingerprint density at radius 1 is 1.57 bits per heavy atom.